The highest BCUT2D eigenvalue weighted by Gasteiger charge is 2.22. The van der Waals surface area contributed by atoms with Crippen LogP contribution in [0.2, 0.25) is 0 Å². The zero-order chi connectivity index (χ0) is 17.1. The van der Waals surface area contributed by atoms with Crippen LogP contribution in [-0.4, -0.2) is 42.4 Å². The maximum atomic E-state index is 5.49. The number of aryl methyl sites for hydroxylation is 2. The molecule has 0 bridgehead atoms. The van der Waals surface area contributed by atoms with Gasteiger partial charge in [0.15, 0.2) is 0 Å². The average Bonchev–Trinajstić information content (AvgIpc) is 3.04. The lowest BCUT2D eigenvalue weighted by Crippen LogP contribution is -2.37. The lowest BCUT2D eigenvalue weighted by Gasteiger charge is -2.31. The summed E-state index contributed by atoms with van der Waals surface area (Å²) < 4.78 is 7.83. The molecule has 2 aromatic rings. The number of hydrogen-bond donors (Lipinski definition) is 1. The number of para-hydroxylation sites is 1. The molecule has 1 atom stereocenters. The first kappa shape index (κ1) is 16.6. The molecule has 0 aliphatic carbocycles. The number of morpholine rings is 1. The van der Waals surface area contributed by atoms with Gasteiger partial charge in [0.25, 0.3) is 0 Å². The summed E-state index contributed by atoms with van der Waals surface area (Å²) in [6.07, 6.45) is 4.67. The minimum absolute atomic E-state index is 0.526. The Hall–Kier alpha value is -1.85. The highest BCUT2D eigenvalue weighted by atomic mass is 16.5. The summed E-state index contributed by atoms with van der Waals surface area (Å²) in [7, 11) is 0. The fourth-order valence-electron chi connectivity index (χ4n) is 4.05. The van der Waals surface area contributed by atoms with E-state index in [0.29, 0.717) is 5.92 Å². The van der Waals surface area contributed by atoms with E-state index in [1.807, 2.05) is 0 Å². The average molecular weight is 340 g/mol. The molecule has 1 saturated heterocycles. The fourth-order valence-corrected chi connectivity index (χ4v) is 4.05. The number of rotatable bonds is 5. The van der Waals surface area contributed by atoms with E-state index in [1.54, 1.807) is 0 Å². The summed E-state index contributed by atoms with van der Waals surface area (Å²) in [4.78, 5) is 7.19. The van der Waals surface area contributed by atoms with E-state index < -0.39 is 0 Å². The molecule has 0 saturated carbocycles. The predicted octanol–water partition coefficient (Wildman–Crippen LogP) is 2.70. The molecule has 0 radical (unpaired) electrons. The van der Waals surface area contributed by atoms with Gasteiger partial charge in [0, 0.05) is 50.5 Å². The van der Waals surface area contributed by atoms with Crippen LogP contribution in [0.5, 0.6) is 0 Å². The number of nitrogens with one attached hydrogen (secondary N) is 1. The third-order valence-electron chi connectivity index (χ3n) is 5.29. The quantitative estimate of drug-likeness (QED) is 0.909. The zero-order valence-electron chi connectivity index (χ0n) is 15.1. The molecule has 1 aromatic carbocycles. The van der Waals surface area contributed by atoms with Crippen molar-refractivity contribution in [3.8, 4) is 0 Å². The Labute approximate surface area is 150 Å². The molecule has 0 amide bonds. The molecule has 1 fully saturated rings. The van der Waals surface area contributed by atoms with E-state index >= 15 is 0 Å². The lowest BCUT2D eigenvalue weighted by atomic mass is 9.99. The second kappa shape index (κ2) is 7.58. The van der Waals surface area contributed by atoms with Crippen molar-refractivity contribution in [2.75, 3.05) is 37.7 Å². The standard InChI is InChI=1S/C20H28N4O/c1-16-15-24-8-4-6-18(20(24)22-16)14-21-13-17-5-2-3-7-19(17)23-9-11-25-12-10-23/h2-3,5,7,15,18,21H,4,6,8-14H2,1H3/t18-/m0/s1. The van der Waals surface area contributed by atoms with Crippen LogP contribution >= 0.6 is 0 Å². The molecular weight excluding hydrogens is 312 g/mol. The zero-order valence-corrected chi connectivity index (χ0v) is 15.1. The number of aromatic nitrogens is 2. The number of nitrogens with zero attached hydrogens (tertiary/aromatic N) is 3. The van der Waals surface area contributed by atoms with Crippen molar-refractivity contribution >= 4 is 5.69 Å². The number of ether oxygens (including phenoxy) is 1. The van der Waals surface area contributed by atoms with Gasteiger partial charge in [0.2, 0.25) is 0 Å². The van der Waals surface area contributed by atoms with Crippen LogP contribution in [-0.2, 0) is 17.8 Å². The molecule has 1 N–H and O–H groups in total. The molecule has 5 heteroatoms. The highest BCUT2D eigenvalue weighted by molar-refractivity contribution is 5.53. The lowest BCUT2D eigenvalue weighted by molar-refractivity contribution is 0.122. The Kier molecular flexibility index (Phi) is 5.04. The normalized spacial score (nSPS) is 20.5. The smallest absolute Gasteiger partial charge is 0.113 e. The minimum atomic E-state index is 0.526. The van der Waals surface area contributed by atoms with Gasteiger partial charge in [-0.1, -0.05) is 18.2 Å². The number of benzene rings is 1. The second-order valence-electron chi connectivity index (χ2n) is 7.13. The van der Waals surface area contributed by atoms with Gasteiger partial charge in [-0.25, -0.2) is 4.98 Å². The van der Waals surface area contributed by atoms with E-state index in [1.165, 1.54) is 29.9 Å². The molecular formula is C20H28N4O. The number of imidazole rings is 1. The van der Waals surface area contributed by atoms with E-state index in [-0.39, 0.29) is 0 Å². The summed E-state index contributed by atoms with van der Waals surface area (Å²) in [5, 5.41) is 3.69. The van der Waals surface area contributed by atoms with Gasteiger partial charge in [-0.15, -0.1) is 0 Å². The Morgan fingerprint density at radius 2 is 2.04 bits per heavy atom. The van der Waals surface area contributed by atoms with Gasteiger partial charge in [-0.2, -0.15) is 0 Å². The van der Waals surface area contributed by atoms with Crippen molar-refractivity contribution < 1.29 is 4.74 Å². The highest BCUT2D eigenvalue weighted by Crippen LogP contribution is 2.26. The summed E-state index contributed by atoms with van der Waals surface area (Å²) >= 11 is 0. The maximum absolute atomic E-state index is 5.49. The van der Waals surface area contributed by atoms with Crippen molar-refractivity contribution in [2.45, 2.75) is 38.8 Å². The van der Waals surface area contributed by atoms with Crippen LogP contribution in [0.25, 0.3) is 0 Å². The molecule has 25 heavy (non-hydrogen) atoms. The van der Waals surface area contributed by atoms with Crippen LogP contribution < -0.4 is 10.2 Å². The Balaban J connectivity index is 1.39. The molecule has 4 rings (SSSR count). The van der Waals surface area contributed by atoms with Crippen LogP contribution in [0.15, 0.2) is 30.5 Å². The van der Waals surface area contributed by atoms with Crippen molar-refractivity contribution in [2.24, 2.45) is 0 Å². The summed E-state index contributed by atoms with van der Waals surface area (Å²) in [6.45, 7) is 8.73. The van der Waals surface area contributed by atoms with Gasteiger partial charge in [-0.05, 0) is 31.4 Å². The maximum Gasteiger partial charge on any atom is 0.113 e. The predicted molar refractivity (Wildman–Crippen MR) is 100 cm³/mol. The Morgan fingerprint density at radius 1 is 1.20 bits per heavy atom. The molecule has 0 spiro atoms. The number of fused-ring (bicyclic) bond motifs is 1. The Morgan fingerprint density at radius 3 is 2.92 bits per heavy atom. The second-order valence-corrected chi connectivity index (χ2v) is 7.13. The fraction of sp³-hybridized carbons (Fsp3) is 0.550. The summed E-state index contributed by atoms with van der Waals surface area (Å²) in [6, 6.07) is 8.75. The minimum Gasteiger partial charge on any atom is -0.378 e. The molecule has 1 aromatic heterocycles. The van der Waals surface area contributed by atoms with Crippen molar-refractivity contribution in [1.82, 2.24) is 14.9 Å². The molecule has 5 nitrogen and oxygen atoms in total. The molecule has 3 heterocycles. The molecule has 134 valence electrons. The van der Waals surface area contributed by atoms with Crippen molar-refractivity contribution in [3.05, 3.63) is 47.5 Å². The van der Waals surface area contributed by atoms with E-state index in [0.717, 1.165) is 51.6 Å². The van der Waals surface area contributed by atoms with E-state index in [9.17, 15) is 0 Å². The van der Waals surface area contributed by atoms with Crippen molar-refractivity contribution in [1.29, 1.82) is 0 Å². The third kappa shape index (κ3) is 3.72. The molecule has 2 aliphatic heterocycles. The third-order valence-corrected chi connectivity index (χ3v) is 5.29. The number of anilines is 1. The van der Waals surface area contributed by atoms with Crippen molar-refractivity contribution in [3.63, 3.8) is 0 Å². The SMILES string of the molecule is Cc1cn2c(n1)[C@H](CNCc1ccccc1N1CCOCC1)CCC2. The largest absolute Gasteiger partial charge is 0.378 e. The monoisotopic (exact) mass is 340 g/mol. The van der Waals surface area contributed by atoms with Crippen LogP contribution in [0, 0.1) is 6.92 Å². The van der Waals surface area contributed by atoms with Gasteiger partial charge >= 0.3 is 0 Å². The van der Waals surface area contributed by atoms with E-state index in [2.05, 4.69) is 52.2 Å². The van der Waals surface area contributed by atoms with Gasteiger partial charge in [-0.3, -0.25) is 0 Å². The van der Waals surface area contributed by atoms with Crippen LogP contribution in [0.3, 0.4) is 0 Å². The first-order chi connectivity index (χ1) is 12.3. The van der Waals surface area contributed by atoms with E-state index in [4.69, 9.17) is 9.72 Å². The summed E-state index contributed by atoms with van der Waals surface area (Å²) in [5.41, 5.74) is 3.86. The topological polar surface area (TPSA) is 42.3 Å². The first-order valence-corrected chi connectivity index (χ1v) is 9.46. The van der Waals surface area contributed by atoms with Crippen LogP contribution in [0.4, 0.5) is 5.69 Å². The van der Waals surface area contributed by atoms with Gasteiger partial charge in [0.05, 0.1) is 18.9 Å². The first-order valence-electron chi connectivity index (χ1n) is 9.46. The van der Waals surface area contributed by atoms with Gasteiger partial charge in [0.1, 0.15) is 5.82 Å². The summed E-state index contributed by atoms with van der Waals surface area (Å²) in [5.74, 6) is 1.79. The molecule has 0 unspecified atom stereocenters. The van der Waals surface area contributed by atoms with Gasteiger partial charge < -0.3 is 19.5 Å². The van der Waals surface area contributed by atoms with Crippen LogP contribution in [0.1, 0.15) is 35.8 Å². The molecule has 2 aliphatic rings. The number of hydrogen-bond acceptors (Lipinski definition) is 4. The Bertz CT molecular complexity index is 705.